The minimum Gasteiger partial charge on any atom is -0.468 e. The molecular formula is C13H18N2O4S. The molecule has 1 fully saturated rings. The predicted octanol–water partition coefficient (Wildman–Crippen LogP) is 0.985. The molecule has 0 amide bonds. The second kappa shape index (κ2) is 5.80. The summed E-state index contributed by atoms with van der Waals surface area (Å²) in [6.07, 6.45) is 1.99. The second-order valence-electron chi connectivity index (χ2n) is 4.69. The third-order valence-electron chi connectivity index (χ3n) is 3.43. The number of piperidine rings is 1. The number of benzene rings is 1. The van der Waals surface area contributed by atoms with Crippen LogP contribution in [-0.4, -0.2) is 38.4 Å². The van der Waals surface area contributed by atoms with Crippen molar-refractivity contribution in [3.8, 4) is 0 Å². The Morgan fingerprint density at radius 3 is 2.70 bits per heavy atom. The van der Waals surface area contributed by atoms with Crippen LogP contribution in [0.15, 0.2) is 29.2 Å². The van der Waals surface area contributed by atoms with Crippen molar-refractivity contribution in [2.75, 3.05) is 19.4 Å². The van der Waals surface area contributed by atoms with Gasteiger partial charge in [-0.1, -0.05) is 12.1 Å². The lowest BCUT2D eigenvalue weighted by atomic mass is 10.1. The van der Waals surface area contributed by atoms with Crippen LogP contribution in [0.5, 0.6) is 0 Å². The molecule has 20 heavy (non-hydrogen) atoms. The molecule has 0 radical (unpaired) electrons. The average Bonchev–Trinajstić information content (AvgIpc) is 2.46. The molecule has 0 aliphatic carbocycles. The molecule has 110 valence electrons. The van der Waals surface area contributed by atoms with Gasteiger partial charge in [0.2, 0.25) is 10.0 Å². The van der Waals surface area contributed by atoms with Crippen molar-refractivity contribution in [1.82, 2.24) is 4.31 Å². The maximum Gasteiger partial charge on any atom is 0.324 e. The molecule has 1 aromatic rings. The number of anilines is 1. The van der Waals surface area contributed by atoms with Gasteiger partial charge in [0.25, 0.3) is 0 Å². The minimum absolute atomic E-state index is 0.0378. The molecule has 1 aromatic carbocycles. The Labute approximate surface area is 118 Å². The Bertz CT molecular complexity index is 600. The lowest BCUT2D eigenvalue weighted by molar-refractivity contribution is -0.146. The van der Waals surface area contributed by atoms with E-state index >= 15 is 0 Å². The molecule has 1 heterocycles. The number of ether oxygens (including phenoxy) is 1. The minimum atomic E-state index is -3.79. The quantitative estimate of drug-likeness (QED) is 0.664. The van der Waals surface area contributed by atoms with Gasteiger partial charge in [0, 0.05) is 6.54 Å². The lowest BCUT2D eigenvalue weighted by Crippen LogP contribution is -2.48. The van der Waals surface area contributed by atoms with Crippen LogP contribution < -0.4 is 5.73 Å². The van der Waals surface area contributed by atoms with Crippen molar-refractivity contribution < 1.29 is 17.9 Å². The molecule has 7 heteroatoms. The van der Waals surface area contributed by atoms with Gasteiger partial charge in [-0.25, -0.2) is 8.42 Å². The second-order valence-corrected chi connectivity index (χ2v) is 6.55. The van der Waals surface area contributed by atoms with Gasteiger partial charge in [-0.2, -0.15) is 4.31 Å². The fourth-order valence-electron chi connectivity index (χ4n) is 2.41. The molecule has 0 saturated carbocycles. The molecule has 1 aliphatic rings. The number of carbonyl (C=O) groups excluding carboxylic acids is 1. The van der Waals surface area contributed by atoms with Gasteiger partial charge >= 0.3 is 5.97 Å². The van der Waals surface area contributed by atoms with Crippen molar-refractivity contribution in [3.05, 3.63) is 24.3 Å². The van der Waals surface area contributed by atoms with Crippen LogP contribution in [-0.2, 0) is 19.6 Å². The number of esters is 1. The predicted molar refractivity (Wildman–Crippen MR) is 74.4 cm³/mol. The molecule has 1 atom stereocenters. The summed E-state index contributed by atoms with van der Waals surface area (Å²) >= 11 is 0. The van der Waals surface area contributed by atoms with E-state index in [2.05, 4.69) is 0 Å². The highest BCUT2D eigenvalue weighted by molar-refractivity contribution is 7.89. The summed E-state index contributed by atoms with van der Waals surface area (Å²) in [5.74, 6) is -0.525. The van der Waals surface area contributed by atoms with Crippen LogP contribution in [0.1, 0.15) is 19.3 Å². The molecular weight excluding hydrogens is 280 g/mol. The smallest absolute Gasteiger partial charge is 0.324 e. The van der Waals surface area contributed by atoms with Crippen molar-refractivity contribution >= 4 is 21.7 Å². The van der Waals surface area contributed by atoms with Crippen molar-refractivity contribution in [1.29, 1.82) is 0 Å². The number of para-hydroxylation sites is 1. The van der Waals surface area contributed by atoms with Crippen LogP contribution in [0, 0.1) is 0 Å². The number of hydrogen-bond donors (Lipinski definition) is 1. The number of rotatable bonds is 3. The summed E-state index contributed by atoms with van der Waals surface area (Å²) in [6.45, 7) is 0.302. The summed E-state index contributed by atoms with van der Waals surface area (Å²) in [7, 11) is -2.53. The Hall–Kier alpha value is -1.60. The number of nitrogens with zero attached hydrogens (tertiary/aromatic N) is 1. The number of nitrogens with two attached hydrogens (primary N) is 1. The molecule has 0 aromatic heterocycles. The first-order valence-corrected chi connectivity index (χ1v) is 7.86. The topological polar surface area (TPSA) is 89.7 Å². The summed E-state index contributed by atoms with van der Waals surface area (Å²) in [4.78, 5) is 11.8. The van der Waals surface area contributed by atoms with E-state index < -0.39 is 22.0 Å². The molecule has 1 saturated heterocycles. The SMILES string of the molecule is COC(=O)[C@H]1CCCCN1S(=O)(=O)c1ccccc1N. The van der Waals surface area contributed by atoms with E-state index in [0.29, 0.717) is 13.0 Å². The Morgan fingerprint density at radius 2 is 2.05 bits per heavy atom. The average molecular weight is 298 g/mol. The van der Waals surface area contributed by atoms with Gasteiger partial charge in [-0.3, -0.25) is 4.79 Å². The van der Waals surface area contributed by atoms with Crippen LogP contribution in [0.25, 0.3) is 0 Å². The normalized spacial score (nSPS) is 20.6. The van der Waals surface area contributed by atoms with E-state index in [9.17, 15) is 13.2 Å². The van der Waals surface area contributed by atoms with Crippen LogP contribution in [0.3, 0.4) is 0 Å². The molecule has 0 spiro atoms. The molecule has 6 nitrogen and oxygen atoms in total. The fraction of sp³-hybridized carbons (Fsp3) is 0.462. The molecule has 0 unspecified atom stereocenters. The standard InChI is InChI=1S/C13H18N2O4S/c1-19-13(16)11-7-4-5-9-15(11)20(17,18)12-8-3-2-6-10(12)14/h2-3,6,8,11H,4-5,7,9,14H2,1H3/t11-/m1/s1. The monoisotopic (exact) mass is 298 g/mol. The molecule has 2 rings (SSSR count). The number of methoxy groups -OCH3 is 1. The third kappa shape index (κ3) is 2.64. The number of nitrogen functional groups attached to an aromatic ring is 1. The van der Waals surface area contributed by atoms with E-state index in [4.69, 9.17) is 10.5 Å². The summed E-state index contributed by atoms with van der Waals surface area (Å²) in [5.41, 5.74) is 5.93. The summed E-state index contributed by atoms with van der Waals surface area (Å²) < 4.78 is 31.3. The van der Waals surface area contributed by atoms with Gasteiger partial charge in [0.05, 0.1) is 12.8 Å². The van der Waals surface area contributed by atoms with Gasteiger partial charge in [-0.05, 0) is 31.4 Å². The highest BCUT2D eigenvalue weighted by Gasteiger charge is 2.38. The van der Waals surface area contributed by atoms with Gasteiger partial charge < -0.3 is 10.5 Å². The number of sulfonamides is 1. The molecule has 1 aliphatic heterocycles. The van der Waals surface area contributed by atoms with E-state index in [1.165, 1.54) is 23.5 Å². The highest BCUT2D eigenvalue weighted by Crippen LogP contribution is 2.28. The van der Waals surface area contributed by atoms with Crippen molar-refractivity contribution in [2.24, 2.45) is 0 Å². The first-order valence-electron chi connectivity index (χ1n) is 6.42. The number of hydrogen-bond acceptors (Lipinski definition) is 5. The van der Waals surface area contributed by atoms with Crippen molar-refractivity contribution in [2.45, 2.75) is 30.2 Å². The maximum absolute atomic E-state index is 12.7. The molecule has 0 bridgehead atoms. The molecule has 2 N–H and O–H groups in total. The van der Waals surface area contributed by atoms with E-state index in [0.717, 1.165) is 12.8 Å². The van der Waals surface area contributed by atoms with Gasteiger partial charge in [-0.15, -0.1) is 0 Å². The number of carbonyl (C=O) groups is 1. The Balaban J connectivity index is 2.41. The van der Waals surface area contributed by atoms with E-state index in [-0.39, 0.29) is 10.6 Å². The first-order chi connectivity index (χ1) is 9.48. The first kappa shape index (κ1) is 14.8. The zero-order chi connectivity index (χ0) is 14.8. The fourth-order valence-corrected chi connectivity index (χ4v) is 4.17. The highest BCUT2D eigenvalue weighted by atomic mass is 32.2. The summed E-state index contributed by atoms with van der Waals surface area (Å²) in [5, 5.41) is 0. The van der Waals surface area contributed by atoms with Crippen LogP contribution in [0.4, 0.5) is 5.69 Å². The van der Waals surface area contributed by atoms with Gasteiger partial charge in [0.1, 0.15) is 10.9 Å². The zero-order valence-electron chi connectivity index (χ0n) is 11.3. The van der Waals surface area contributed by atoms with Crippen LogP contribution in [0.2, 0.25) is 0 Å². The van der Waals surface area contributed by atoms with Crippen LogP contribution >= 0.6 is 0 Å². The maximum atomic E-state index is 12.7. The van der Waals surface area contributed by atoms with Gasteiger partial charge in [0.15, 0.2) is 0 Å². The Morgan fingerprint density at radius 1 is 1.35 bits per heavy atom. The lowest BCUT2D eigenvalue weighted by Gasteiger charge is -2.32. The van der Waals surface area contributed by atoms with E-state index in [1.54, 1.807) is 12.1 Å². The largest absolute Gasteiger partial charge is 0.468 e. The third-order valence-corrected chi connectivity index (χ3v) is 5.41. The Kier molecular flexibility index (Phi) is 4.29. The summed E-state index contributed by atoms with van der Waals surface area (Å²) in [6, 6.07) is 5.50. The van der Waals surface area contributed by atoms with Crippen molar-refractivity contribution in [3.63, 3.8) is 0 Å². The van der Waals surface area contributed by atoms with E-state index in [1.807, 2.05) is 0 Å². The zero-order valence-corrected chi connectivity index (χ0v) is 12.1.